The summed E-state index contributed by atoms with van der Waals surface area (Å²) in [4.78, 5) is 0. The van der Waals surface area contributed by atoms with Crippen LogP contribution in [0.15, 0.2) is 42.5 Å². The van der Waals surface area contributed by atoms with Crippen molar-refractivity contribution in [1.29, 1.82) is 0 Å². The largest absolute Gasteiger partial charge is 0.497 e. The van der Waals surface area contributed by atoms with E-state index in [1.165, 1.54) is 12.1 Å². The number of benzene rings is 2. The molecule has 0 spiro atoms. The molecule has 0 aliphatic heterocycles. The molecule has 0 bridgehead atoms. The molecule has 3 N–H and O–H groups in total. The van der Waals surface area contributed by atoms with Crippen LogP contribution in [0.2, 0.25) is 0 Å². The van der Waals surface area contributed by atoms with E-state index in [0.29, 0.717) is 16.9 Å². The summed E-state index contributed by atoms with van der Waals surface area (Å²) in [5.74, 6) is 0.0935. The third-order valence-corrected chi connectivity index (χ3v) is 2.79. The Morgan fingerprint density at radius 2 is 1.94 bits per heavy atom. The molecule has 1 unspecified atom stereocenters. The van der Waals surface area contributed by atoms with E-state index in [1.54, 1.807) is 37.4 Å². The fraction of sp³-hybridized carbons (Fsp3) is 0.143. The van der Waals surface area contributed by atoms with Crippen molar-refractivity contribution in [3.05, 3.63) is 59.4 Å². The van der Waals surface area contributed by atoms with Crippen molar-refractivity contribution >= 4 is 5.69 Å². The third-order valence-electron chi connectivity index (χ3n) is 2.79. The molecule has 18 heavy (non-hydrogen) atoms. The molecule has 0 aromatic heterocycles. The molecule has 3 nitrogen and oxygen atoms in total. The predicted octanol–water partition coefficient (Wildman–Crippen LogP) is 2.50. The normalized spacial score (nSPS) is 12.2. The van der Waals surface area contributed by atoms with Crippen molar-refractivity contribution < 1.29 is 14.2 Å². The van der Waals surface area contributed by atoms with Gasteiger partial charge < -0.3 is 15.6 Å². The van der Waals surface area contributed by atoms with E-state index in [4.69, 9.17) is 10.5 Å². The maximum atomic E-state index is 13.3. The Morgan fingerprint density at radius 3 is 2.67 bits per heavy atom. The lowest BCUT2D eigenvalue weighted by atomic mass is 9.99. The van der Waals surface area contributed by atoms with Crippen LogP contribution >= 0.6 is 0 Å². The number of anilines is 1. The molecule has 0 radical (unpaired) electrons. The van der Waals surface area contributed by atoms with Gasteiger partial charge in [-0.2, -0.15) is 0 Å². The van der Waals surface area contributed by atoms with E-state index in [1.807, 2.05) is 0 Å². The van der Waals surface area contributed by atoms with E-state index in [9.17, 15) is 9.50 Å². The van der Waals surface area contributed by atoms with Gasteiger partial charge in [-0.1, -0.05) is 24.3 Å². The maximum Gasteiger partial charge on any atom is 0.146 e. The van der Waals surface area contributed by atoms with E-state index in [2.05, 4.69) is 0 Å². The zero-order chi connectivity index (χ0) is 13.1. The summed E-state index contributed by atoms with van der Waals surface area (Å²) in [5.41, 5.74) is 6.54. The lowest BCUT2D eigenvalue weighted by Crippen LogP contribution is -2.05. The van der Waals surface area contributed by atoms with Crippen LogP contribution in [0.5, 0.6) is 5.75 Å². The van der Waals surface area contributed by atoms with Crippen molar-refractivity contribution in [2.24, 2.45) is 0 Å². The van der Waals surface area contributed by atoms with Gasteiger partial charge >= 0.3 is 0 Å². The summed E-state index contributed by atoms with van der Waals surface area (Å²) in [7, 11) is 1.54. The van der Waals surface area contributed by atoms with Gasteiger partial charge in [-0.05, 0) is 23.8 Å². The number of hydrogen-bond acceptors (Lipinski definition) is 3. The van der Waals surface area contributed by atoms with Crippen LogP contribution in [0.4, 0.5) is 10.1 Å². The van der Waals surface area contributed by atoms with Crippen LogP contribution in [-0.2, 0) is 0 Å². The van der Waals surface area contributed by atoms with Crippen LogP contribution < -0.4 is 10.5 Å². The van der Waals surface area contributed by atoms with Gasteiger partial charge in [0.05, 0.1) is 12.8 Å². The van der Waals surface area contributed by atoms with Gasteiger partial charge in [0.15, 0.2) is 0 Å². The number of para-hydroxylation sites is 1. The first kappa shape index (κ1) is 12.4. The Hall–Kier alpha value is -2.07. The van der Waals surface area contributed by atoms with Gasteiger partial charge in [0.2, 0.25) is 0 Å². The third kappa shape index (κ3) is 2.28. The second kappa shape index (κ2) is 5.06. The van der Waals surface area contributed by atoms with Crippen LogP contribution in [-0.4, -0.2) is 12.2 Å². The fourth-order valence-corrected chi connectivity index (χ4v) is 1.78. The van der Waals surface area contributed by atoms with E-state index in [0.717, 1.165) is 0 Å². The van der Waals surface area contributed by atoms with E-state index >= 15 is 0 Å². The molecule has 0 saturated carbocycles. The SMILES string of the molecule is COc1cccc(C(O)c2cccc(F)c2N)c1. The van der Waals surface area contributed by atoms with Crippen molar-refractivity contribution in [2.45, 2.75) is 6.10 Å². The fourth-order valence-electron chi connectivity index (χ4n) is 1.78. The van der Waals surface area contributed by atoms with Gasteiger partial charge in [0.1, 0.15) is 17.7 Å². The molecule has 0 aliphatic carbocycles. The van der Waals surface area contributed by atoms with Gasteiger partial charge in [-0.25, -0.2) is 4.39 Å². The lowest BCUT2D eigenvalue weighted by Gasteiger charge is -2.15. The van der Waals surface area contributed by atoms with Gasteiger partial charge in [-0.3, -0.25) is 0 Å². The van der Waals surface area contributed by atoms with E-state index < -0.39 is 11.9 Å². The number of halogens is 1. The van der Waals surface area contributed by atoms with Crippen LogP contribution in [0.1, 0.15) is 17.2 Å². The second-order valence-electron chi connectivity index (χ2n) is 3.92. The summed E-state index contributed by atoms with van der Waals surface area (Å²) in [6.45, 7) is 0. The molecule has 0 heterocycles. The first-order chi connectivity index (χ1) is 8.63. The first-order valence-corrected chi connectivity index (χ1v) is 5.49. The number of methoxy groups -OCH3 is 1. The minimum Gasteiger partial charge on any atom is -0.497 e. The molecule has 2 rings (SSSR count). The molecular weight excluding hydrogens is 233 g/mol. The molecule has 4 heteroatoms. The average Bonchev–Trinajstić information content (AvgIpc) is 2.41. The smallest absolute Gasteiger partial charge is 0.146 e. The zero-order valence-electron chi connectivity index (χ0n) is 9.93. The Kier molecular flexibility index (Phi) is 3.48. The Balaban J connectivity index is 2.41. The number of aliphatic hydroxyl groups excluding tert-OH is 1. The number of hydrogen-bond donors (Lipinski definition) is 2. The highest BCUT2D eigenvalue weighted by Crippen LogP contribution is 2.29. The first-order valence-electron chi connectivity index (χ1n) is 5.49. The minimum absolute atomic E-state index is 0.0344. The molecule has 94 valence electrons. The summed E-state index contributed by atoms with van der Waals surface area (Å²) in [6, 6.07) is 11.3. The molecule has 1 atom stereocenters. The highest BCUT2D eigenvalue weighted by atomic mass is 19.1. The highest BCUT2D eigenvalue weighted by Gasteiger charge is 2.15. The summed E-state index contributed by atoms with van der Waals surface area (Å²) < 4.78 is 18.4. The monoisotopic (exact) mass is 247 g/mol. The van der Waals surface area contributed by atoms with Crippen LogP contribution in [0.3, 0.4) is 0 Å². The highest BCUT2D eigenvalue weighted by molar-refractivity contribution is 5.52. The summed E-state index contributed by atoms with van der Waals surface area (Å²) in [5, 5.41) is 10.2. The average molecular weight is 247 g/mol. The van der Waals surface area contributed by atoms with E-state index in [-0.39, 0.29) is 5.69 Å². The van der Waals surface area contributed by atoms with Gasteiger partial charge in [0.25, 0.3) is 0 Å². The number of nitrogens with two attached hydrogens (primary N) is 1. The Morgan fingerprint density at radius 1 is 1.22 bits per heavy atom. The molecule has 0 aliphatic rings. The minimum atomic E-state index is -0.976. The molecule has 2 aromatic rings. The number of ether oxygens (including phenoxy) is 1. The van der Waals surface area contributed by atoms with Gasteiger partial charge in [-0.15, -0.1) is 0 Å². The molecular formula is C14H14FNO2. The van der Waals surface area contributed by atoms with Crippen molar-refractivity contribution in [3.8, 4) is 5.75 Å². The number of nitrogen functional groups attached to an aromatic ring is 1. The topological polar surface area (TPSA) is 55.5 Å². The summed E-state index contributed by atoms with van der Waals surface area (Å²) >= 11 is 0. The maximum absolute atomic E-state index is 13.3. The standard InChI is InChI=1S/C14H14FNO2/c1-18-10-5-2-4-9(8-10)14(17)11-6-3-7-12(15)13(11)16/h2-8,14,17H,16H2,1H3. The van der Waals surface area contributed by atoms with Crippen molar-refractivity contribution in [1.82, 2.24) is 0 Å². The van der Waals surface area contributed by atoms with Crippen molar-refractivity contribution in [3.63, 3.8) is 0 Å². The van der Waals surface area contributed by atoms with Crippen LogP contribution in [0, 0.1) is 5.82 Å². The number of aliphatic hydroxyl groups is 1. The summed E-state index contributed by atoms with van der Waals surface area (Å²) in [6.07, 6.45) is -0.976. The Bertz CT molecular complexity index is 557. The molecule has 0 fully saturated rings. The van der Waals surface area contributed by atoms with Gasteiger partial charge in [0, 0.05) is 5.56 Å². The molecule has 2 aromatic carbocycles. The molecule has 0 saturated heterocycles. The van der Waals surface area contributed by atoms with Crippen LogP contribution in [0.25, 0.3) is 0 Å². The molecule has 0 amide bonds. The Labute approximate surface area is 105 Å². The zero-order valence-corrected chi connectivity index (χ0v) is 9.93. The predicted molar refractivity (Wildman–Crippen MR) is 67.9 cm³/mol. The lowest BCUT2D eigenvalue weighted by molar-refractivity contribution is 0.220. The van der Waals surface area contributed by atoms with Crippen molar-refractivity contribution in [2.75, 3.05) is 12.8 Å². The second-order valence-corrected chi connectivity index (χ2v) is 3.92. The number of rotatable bonds is 3. The quantitative estimate of drug-likeness (QED) is 0.819.